The molecule has 0 aliphatic carbocycles. The highest BCUT2D eigenvalue weighted by molar-refractivity contribution is 6.04. The number of aryl methyl sites for hydroxylation is 2. The molecule has 0 spiro atoms. The maximum absolute atomic E-state index is 12.3. The topological polar surface area (TPSA) is 161 Å². The van der Waals surface area contributed by atoms with Gasteiger partial charge >= 0.3 is 0 Å². The summed E-state index contributed by atoms with van der Waals surface area (Å²) in [6.07, 6.45) is 3.78. The molecule has 0 aliphatic rings. The number of amidine groups is 1. The second kappa shape index (κ2) is 8.17. The molecule has 0 aromatic carbocycles. The molecule has 2 aromatic rings. The van der Waals surface area contributed by atoms with Gasteiger partial charge in [-0.15, -0.1) is 0 Å². The van der Waals surface area contributed by atoms with Gasteiger partial charge in [-0.3, -0.25) is 25.1 Å². The molecule has 0 aliphatic heterocycles. The Morgan fingerprint density at radius 2 is 1.81 bits per heavy atom. The van der Waals surface area contributed by atoms with Crippen molar-refractivity contribution < 1.29 is 14.5 Å². The zero-order valence-corrected chi connectivity index (χ0v) is 15.0. The summed E-state index contributed by atoms with van der Waals surface area (Å²) < 4.78 is 2.92. The molecular formula is C16H21N7O4. The van der Waals surface area contributed by atoms with Crippen molar-refractivity contribution in [3.05, 3.63) is 46.0 Å². The van der Waals surface area contributed by atoms with E-state index in [-0.39, 0.29) is 23.1 Å². The lowest BCUT2D eigenvalue weighted by molar-refractivity contribution is -0.384. The molecule has 2 amide bonds. The molecule has 2 aromatic heterocycles. The fourth-order valence-corrected chi connectivity index (χ4v) is 2.50. The zero-order valence-electron chi connectivity index (χ0n) is 15.0. The van der Waals surface area contributed by atoms with Crippen LogP contribution < -0.4 is 16.4 Å². The molecule has 0 radical (unpaired) electrons. The molecule has 0 unspecified atom stereocenters. The lowest BCUT2D eigenvalue weighted by Gasteiger charge is -2.05. The number of hydrogen-bond acceptors (Lipinski definition) is 5. The Labute approximate surface area is 154 Å². The van der Waals surface area contributed by atoms with Gasteiger partial charge in [0.05, 0.1) is 22.6 Å². The van der Waals surface area contributed by atoms with Gasteiger partial charge in [0.1, 0.15) is 11.4 Å². The molecule has 2 heterocycles. The first-order valence-electron chi connectivity index (χ1n) is 8.08. The van der Waals surface area contributed by atoms with Gasteiger partial charge in [-0.2, -0.15) is 0 Å². The number of amides is 2. The predicted molar refractivity (Wildman–Crippen MR) is 98.9 cm³/mol. The molecule has 0 saturated carbocycles. The van der Waals surface area contributed by atoms with Crippen molar-refractivity contribution in [1.29, 1.82) is 5.41 Å². The molecule has 0 bridgehead atoms. The third-order valence-corrected chi connectivity index (χ3v) is 3.84. The number of anilines is 1. The average Bonchev–Trinajstić information content (AvgIpc) is 3.14. The number of aromatic nitrogens is 2. The van der Waals surface area contributed by atoms with E-state index in [0.29, 0.717) is 30.8 Å². The Morgan fingerprint density at radius 1 is 1.19 bits per heavy atom. The van der Waals surface area contributed by atoms with Crippen LogP contribution in [0, 0.1) is 15.5 Å². The van der Waals surface area contributed by atoms with Gasteiger partial charge in [-0.25, -0.2) is 0 Å². The summed E-state index contributed by atoms with van der Waals surface area (Å²) in [5.41, 5.74) is 5.93. The van der Waals surface area contributed by atoms with E-state index in [9.17, 15) is 19.7 Å². The highest BCUT2D eigenvalue weighted by atomic mass is 16.6. The van der Waals surface area contributed by atoms with E-state index < -0.39 is 10.8 Å². The molecule has 27 heavy (non-hydrogen) atoms. The summed E-state index contributed by atoms with van der Waals surface area (Å²) in [7, 11) is 3.19. The van der Waals surface area contributed by atoms with E-state index in [4.69, 9.17) is 11.1 Å². The largest absolute Gasteiger partial charge is 0.388 e. The van der Waals surface area contributed by atoms with Gasteiger partial charge in [0.2, 0.25) is 0 Å². The van der Waals surface area contributed by atoms with E-state index in [2.05, 4.69) is 10.6 Å². The van der Waals surface area contributed by atoms with Crippen LogP contribution in [0.1, 0.15) is 33.8 Å². The summed E-state index contributed by atoms with van der Waals surface area (Å²) in [6.45, 7) is 0.373. The van der Waals surface area contributed by atoms with E-state index in [0.717, 1.165) is 0 Å². The van der Waals surface area contributed by atoms with Gasteiger partial charge < -0.3 is 25.5 Å². The number of nitro groups is 1. The van der Waals surface area contributed by atoms with E-state index >= 15 is 0 Å². The average molecular weight is 375 g/mol. The van der Waals surface area contributed by atoms with Crippen molar-refractivity contribution in [2.75, 3.05) is 11.9 Å². The summed E-state index contributed by atoms with van der Waals surface area (Å²) >= 11 is 0. The monoisotopic (exact) mass is 375 g/mol. The minimum absolute atomic E-state index is 0.0639. The number of carbonyl (C=O) groups excluding carboxylic acids is 2. The SMILES string of the molecule is Cn1cc(NC(=O)c2cc([N+](=O)[O-])cn2C)cc1C(=O)NCCCC(=N)N. The van der Waals surface area contributed by atoms with Crippen molar-refractivity contribution in [3.63, 3.8) is 0 Å². The van der Waals surface area contributed by atoms with Gasteiger partial charge in [-0.05, 0) is 12.5 Å². The number of nitrogens with one attached hydrogen (secondary N) is 3. The Hall–Kier alpha value is -3.63. The number of carbonyl (C=O) groups is 2. The van der Waals surface area contributed by atoms with Crippen LogP contribution >= 0.6 is 0 Å². The van der Waals surface area contributed by atoms with Crippen molar-refractivity contribution in [2.45, 2.75) is 12.8 Å². The molecular weight excluding hydrogens is 354 g/mol. The van der Waals surface area contributed by atoms with Crippen LogP contribution in [0.25, 0.3) is 0 Å². The van der Waals surface area contributed by atoms with Crippen LogP contribution in [-0.2, 0) is 14.1 Å². The van der Waals surface area contributed by atoms with Gasteiger partial charge in [0.15, 0.2) is 0 Å². The van der Waals surface area contributed by atoms with E-state index in [1.807, 2.05) is 0 Å². The first kappa shape index (κ1) is 19.7. The Morgan fingerprint density at radius 3 is 2.41 bits per heavy atom. The molecule has 0 saturated heterocycles. The lowest BCUT2D eigenvalue weighted by atomic mass is 10.3. The molecule has 5 N–H and O–H groups in total. The highest BCUT2D eigenvalue weighted by Crippen LogP contribution is 2.18. The first-order chi connectivity index (χ1) is 12.7. The van der Waals surface area contributed by atoms with Crippen LogP contribution in [0.3, 0.4) is 0 Å². The Balaban J connectivity index is 2.03. The molecule has 0 fully saturated rings. The minimum Gasteiger partial charge on any atom is -0.388 e. The zero-order chi connectivity index (χ0) is 20.1. The minimum atomic E-state index is -0.576. The fourth-order valence-electron chi connectivity index (χ4n) is 2.50. The Bertz CT molecular complexity index is 897. The summed E-state index contributed by atoms with van der Waals surface area (Å²) in [5.74, 6) is -0.783. The van der Waals surface area contributed by atoms with Crippen molar-refractivity contribution in [3.8, 4) is 0 Å². The van der Waals surface area contributed by atoms with Gasteiger partial charge in [-0.1, -0.05) is 0 Å². The van der Waals surface area contributed by atoms with E-state index in [1.165, 1.54) is 29.9 Å². The summed E-state index contributed by atoms with van der Waals surface area (Å²) in [4.78, 5) is 34.8. The maximum atomic E-state index is 12.3. The van der Waals surface area contributed by atoms with E-state index in [1.54, 1.807) is 17.8 Å². The fraction of sp³-hybridized carbons (Fsp3) is 0.312. The summed E-state index contributed by atoms with van der Waals surface area (Å²) in [6, 6.07) is 2.69. The number of rotatable bonds is 8. The number of nitrogens with two attached hydrogens (primary N) is 1. The molecule has 11 nitrogen and oxygen atoms in total. The highest BCUT2D eigenvalue weighted by Gasteiger charge is 2.19. The van der Waals surface area contributed by atoms with Gasteiger partial charge in [0.25, 0.3) is 17.5 Å². The second-order valence-electron chi connectivity index (χ2n) is 6.02. The van der Waals surface area contributed by atoms with Crippen LogP contribution in [0.15, 0.2) is 24.5 Å². The number of hydrogen-bond donors (Lipinski definition) is 4. The number of nitrogens with zero attached hydrogens (tertiary/aromatic N) is 3. The molecule has 2 rings (SSSR count). The van der Waals surface area contributed by atoms with Crippen LogP contribution in [0.5, 0.6) is 0 Å². The van der Waals surface area contributed by atoms with Crippen LogP contribution in [-0.4, -0.2) is 38.3 Å². The predicted octanol–water partition coefficient (Wildman–Crippen LogP) is 0.970. The van der Waals surface area contributed by atoms with Crippen LogP contribution in [0.2, 0.25) is 0 Å². The van der Waals surface area contributed by atoms with Crippen LogP contribution in [0.4, 0.5) is 11.4 Å². The lowest BCUT2D eigenvalue weighted by Crippen LogP contribution is -2.27. The van der Waals surface area contributed by atoms with Gasteiger partial charge in [0, 0.05) is 39.3 Å². The van der Waals surface area contributed by atoms with Crippen molar-refractivity contribution >= 4 is 29.0 Å². The summed E-state index contributed by atoms with van der Waals surface area (Å²) in [5, 5.41) is 23.3. The second-order valence-corrected chi connectivity index (χ2v) is 6.02. The molecule has 0 atom stereocenters. The quantitative estimate of drug-likeness (QED) is 0.177. The van der Waals surface area contributed by atoms with Crippen molar-refractivity contribution in [1.82, 2.24) is 14.5 Å². The van der Waals surface area contributed by atoms with Crippen molar-refractivity contribution in [2.24, 2.45) is 19.8 Å². The maximum Gasteiger partial charge on any atom is 0.287 e. The standard InChI is InChI=1S/C16H21N7O4/c1-21-8-10(6-12(21)15(24)19-5-3-4-14(17)18)20-16(25)13-7-11(23(26)27)9-22(13)2/h6-9H,3-5H2,1-2H3,(H3,17,18)(H,19,24)(H,20,25). The normalized spacial score (nSPS) is 10.4. The molecule has 11 heteroatoms. The molecule has 144 valence electrons. The Kier molecular flexibility index (Phi) is 5.96. The third kappa shape index (κ3) is 4.93. The first-order valence-corrected chi connectivity index (χ1v) is 8.08. The smallest absolute Gasteiger partial charge is 0.287 e. The third-order valence-electron chi connectivity index (χ3n) is 3.84.